The molecule has 38 heavy (non-hydrogen) atoms. The van der Waals surface area contributed by atoms with Gasteiger partial charge in [0, 0.05) is 30.1 Å². The minimum atomic E-state index is -1.01. The van der Waals surface area contributed by atoms with Crippen LogP contribution in [-0.4, -0.2) is 56.5 Å². The third-order valence-electron chi connectivity index (χ3n) is 6.25. The fourth-order valence-electron chi connectivity index (χ4n) is 4.82. The Morgan fingerprint density at radius 2 is 1.47 bits per heavy atom. The molecule has 200 valence electrons. The number of benzene rings is 2. The SMILES string of the molecule is CC(C)(C)OC(=O)C[C@@H]1[C@@H](C(=O)OC(C)(C)C)N(C(=O)c2ccccc2)C[C@H]1c1cnc2ccccc2n1. The van der Waals surface area contributed by atoms with E-state index in [4.69, 9.17) is 14.5 Å². The molecule has 2 aromatic carbocycles. The topological polar surface area (TPSA) is 98.7 Å². The zero-order valence-corrected chi connectivity index (χ0v) is 22.8. The quantitative estimate of drug-likeness (QED) is 0.443. The van der Waals surface area contributed by atoms with Gasteiger partial charge in [-0.1, -0.05) is 30.3 Å². The number of hydrogen-bond donors (Lipinski definition) is 0. The van der Waals surface area contributed by atoms with Crippen LogP contribution in [0.15, 0.2) is 60.8 Å². The number of fused-ring (bicyclic) bond motifs is 1. The van der Waals surface area contributed by atoms with Crippen molar-refractivity contribution < 1.29 is 23.9 Å². The minimum absolute atomic E-state index is 0.0844. The van der Waals surface area contributed by atoms with Gasteiger partial charge in [-0.25, -0.2) is 9.78 Å². The predicted octanol–water partition coefficient (Wildman–Crippen LogP) is 4.93. The molecule has 1 saturated heterocycles. The van der Waals surface area contributed by atoms with Crippen LogP contribution >= 0.6 is 0 Å². The van der Waals surface area contributed by atoms with Gasteiger partial charge in [-0.15, -0.1) is 0 Å². The Balaban J connectivity index is 1.80. The van der Waals surface area contributed by atoms with Gasteiger partial charge in [0.15, 0.2) is 0 Å². The fourth-order valence-corrected chi connectivity index (χ4v) is 4.82. The van der Waals surface area contributed by atoms with Gasteiger partial charge in [-0.2, -0.15) is 0 Å². The number of aromatic nitrogens is 2. The molecule has 3 aromatic rings. The lowest BCUT2D eigenvalue weighted by Crippen LogP contribution is -2.46. The van der Waals surface area contributed by atoms with Crippen molar-refractivity contribution in [2.45, 2.75) is 71.1 Å². The Morgan fingerprint density at radius 1 is 0.868 bits per heavy atom. The highest BCUT2D eigenvalue weighted by atomic mass is 16.6. The number of hydrogen-bond acceptors (Lipinski definition) is 7. The van der Waals surface area contributed by atoms with Crippen molar-refractivity contribution in [3.63, 3.8) is 0 Å². The number of amides is 1. The largest absolute Gasteiger partial charge is 0.460 e. The number of likely N-dealkylation sites (tertiary alicyclic amines) is 1. The molecule has 0 bridgehead atoms. The molecule has 0 radical (unpaired) electrons. The lowest BCUT2D eigenvalue weighted by Gasteiger charge is -2.30. The van der Waals surface area contributed by atoms with Crippen molar-refractivity contribution in [1.82, 2.24) is 14.9 Å². The molecule has 0 aliphatic carbocycles. The Morgan fingerprint density at radius 3 is 2.11 bits per heavy atom. The lowest BCUT2D eigenvalue weighted by molar-refractivity contribution is -0.162. The summed E-state index contributed by atoms with van der Waals surface area (Å²) in [6.45, 7) is 10.9. The van der Waals surface area contributed by atoms with E-state index >= 15 is 0 Å². The lowest BCUT2D eigenvalue weighted by atomic mass is 9.85. The van der Waals surface area contributed by atoms with Crippen LogP contribution in [0.3, 0.4) is 0 Å². The van der Waals surface area contributed by atoms with Crippen molar-refractivity contribution in [1.29, 1.82) is 0 Å². The van der Waals surface area contributed by atoms with E-state index in [1.54, 1.807) is 72.0 Å². The zero-order chi connectivity index (χ0) is 27.7. The van der Waals surface area contributed by atoms with Crippen LogP contribution in [0.5, 0.6) is 0 Å². The second-order valence-corrected chi connectivity index (χ2v) is 11.6. The molecule has 0 saturated carbocycles. The molecule has 1 aliphatic rings. The number of carbonyl (C=O) groups is 3. The second-order valence-electron chi connectivity index (χ2n) is 11.6. The maximum Gasteiger partial charge on any atom is 0.329 e. The normalized spacial score (nSPS) is 19.8. The van der Waals surface area contributed by atoms with Gasteiger partial charge in [-0.3, -0.25) is 14.6 Å². The summed E-state index contributed by atoms with van der Waals surface area (Å²) < 4.78 is 11.4. The van der Waals surface area contributed by atoms with Crippen LogP contribution < -0.4 is 0 Å². The molecule has 0 unspecified atom stereocenters. The summed E-state index contributed by atoms with van der Waals surface area (Å²) in [5.41, 5.74) is 1.00. The number of carbonyl (C=O) groups excluding carboxylic acids is 3. The first-order valence-corrected chi connectivity index (χ1v) is 12.8. The van der Waals surface area contributed by atoms with E-state index in [1.165, 1.54) is 4.90 Å². The molecule has 0 spiro atoms. The zero-order valence-electron chi connectivity index (χ0n) is 22.8. The van der Waals surface area contributed by atoms with E-state index in [0.717, 1.165) is 5.52 Å². The summed E-state index contributed by atoms with van der Waals surface area (Å²) in [5, 5.41) is 0. The first kappa shape index (κ1) is 27.2. The van der Waals surface area contributed by atoms with Crippen LogP contribution in [0.2, 0.25) is 0 Å². The second kappa shape index (κ2) is 10.5. The van der Waals surface area contributed by atoms with Crippen molar-refractivity contribution >= 4 is 28.9 Å². The van der Waals surface area contributed by atoms with Crippen molar-refractivity contribution in [3.05, 3.63) is 72.1 Å². The first-order chi connectivity index (χ1) is 17.8. The van der Waals surface area contributed by atoms with Crippen LogP contribution in [0.25, 0.3) is 11.0 Å². The number of esters is 2. The van der Waals surface area contributed by atoms with E-state index in [1.807, 2.05) is 30.3 Å². The molecule has 1 aliphatic heterocycles. The molecular weight excluding hydrogens is 482 g/mol. The van der Waals surface area contributed by atoms with Gasteiger partial charge in [0.05, 0.1) is 23.1 Å². The maximum absolute atomic E-state index is 13.7. The minimum Gasteiger partial charge on any atom is -0.460 e. The molecule has 1 amide bonds. The third kappa shape index (κ3) is 6.36. The molecule has 8 heteroatoms. The molecule has 0 N–H and O–H groups in total. The van der Waals surface area contributed by atoms with E-state index in [0.29, 0.717) is 16.8 Å². The van der Waals surface area contributed by atoms with Crippen LogP contribution in [-0.2, 0) is 19.1 Å². The molecule has 1 aromatic heterocycles. The predicted molar refractivity (Wildman–Crippen MR) is 143 cm³/mol. The first-order valence-electron chi connectivity index (χ1n) is 12.8. The molecule has 2 heterocycles. The van der Waals surface area contributed by atoms with Crippen LogP contribution in [0.1, 0.15) is 69.9 Å². The van der Waals surface area contributed by atoms with E-state index in [-0.39, 0.29) is 18.9 Å². The number of nitrogens with zero attached hydrogens (tertiary/aromatic N) is 3. The molecule has 3 atom stereocenters. The average Bonchev–Trinajstić information content (AvgIpc) is 3.20. The summed E-state index contributed by atoms with van der Waals surface area (Å²) in [4.78, 5) is 51.4. The van der Waals surface area contributed by atoms with E-state index < -0.39 is 41.0 Å². The highest BCUT2D eigenvalue weighted by molar-refractivity contribution is 5.97. The Hall–Kier alpha value is -3.81. The number of rotatable bonds is 5. The monoisotopic (exact) mass is 517 g/mol. The summed E-state index contributed by atoms with van der Waals surface area (Å²) in [6.07, 6.45) is 1.58. The summed E-state index contributed by atoms with van der Waals surface area (Å²) in [5.74, 6) is -2.39. The number of ether oxygens (including phenoxy) is 2. The Kier molecular flexibility index (Phi) is 7.54. The van der Waals surface area contributed by atoms with Gasteiger partial charge in [0.25, 0.3) is 5.91 Å². The van der Waals surface area contributed by atoms with Gasteiger partial charge in [0.1, 0.15) is 17.2 Å². The van der Waals surface area contributed by atoms with Gasteiger partial charge < -0.3 is 14.4 Å². The van der Waals surface area contributed by atoms with Gasteiger partial charge in [0.2, 0.25) is 0 Å². The van der Waals surface area contributed by atoms with Crippen molar-refractivity contribution in [2.75, 3.05) is 6.54 Å². The van der Waals surface area contributed by atoms with Crippen LogP contribution in [0.4, 0.5) is 0 Å². The smallest absolute Gasteiger partial charge is 0.329 e. The highest BCUT2D eigenvalue weighted by Crippen LogP contribution is 2.41. The average molecular weight is 518 g/mol. The van der Waals surface area contributed by atoms with Crippen molar-refractivity contribution in [2.24, 2.45) is 5.92 Å². The standard InChI is InChI=1S/C30H35N3O5/c1-29(2,3)37-25(34)16-20-21(24-17-31-22-14-10-11-15-23(22)32-24)18-33(26(20)28(36)38-30(4,5)6)27(35)19-12-8-7-9-13-19/h7-15,17,20-21,26H,16,18H2,1-6H3/t20-,21+,26-/m0/s1. The molecule has 8 nitrogen and oxygen atoms in total. The Bertz CT molecular complexity index is 1330. The Labute approximate surface area is 223 Å². The van der Waals surface area contributed by atoms with E-state index in [2.05, 4.69) is 4.98 Å². The van der Waals surface area contributed by atoms with Gasteiger partial charge in [-0.05, 0) is 65.8 Å². The van der Waals surface area contributed by atoms with E-state index in [9.17, 15) is 14.4 Å². The summed E-state index contributed by atoms with van der Waals surface area (Å²) >= 11 is 0. The van der Waals surface area contributed by atoms with Crippen LogP contribution in [0, 0.1) is 5.92 Å². The molecule has 4 rings (SSSR count). The molecular formula is C30H35N3O5. The molecule has 1 fully saturated rings. The highest BCUT2D eigenvalue weighted by Gasteiger charge is 2.51. The maximum atomic E-state index is 13.7. The van der Waals surface area contributed by atoms with Gasteiger partial charge >= 0.3 is 11.9 Å². The summed E-state index contributed by atoms with van der Waals surface area (Å²) in [7, 11) is 0. The van der Waals surface area contributed by atoms with Crippen molar-refractivity contribution in [3.8, 4) is 0 Å². The fraction of sp³-hybridized carbons (Fsp3) is 0.433. The third-order valence-corrected chi connectivity index (χ3v) is 6.25. The summed E-state index contributed by atoms with van der Waals surface area (Å²) in [6, 6.07) is 15.3. The number of para-hydroxylation sites is 2.